The lowest BCUT2D eigenvalue weighted by molar-refractivity contribution is -0.127. The van der Waals surface area contributed by atoms with Gasteiger partial charge in [0.2, 0.25) is 5.91 Å². The van der Waals surface area contributed by atoms with Crippen LogP contribution in [0, 0.1) is 0 Å². The first kappa shape index (κ1) is 58.8. The zero-order valence-corrected chi connectivity index (χ0v) is 39.2. The van der Waals surface area contributed by atoms with Gasteiger partial charge in [0.25, 0.3) is 0 Å². The van der Waals surface area contributed by atoms with E-state index in [0.717, 1.165) is 43.8 Å². The Morgan fingerprint density at radius 2 is 0.621 bits per heavy atom. The summed E-state index contributed by atoms with van der Waals surface area (Å²) in [6.07, 6.45) is 49.2. The Hall–Kier alpha value is -1.26. The second-order valence-corrected chi connectivity index (χ2v) is 17.1. The van der Waals surface area contributed by atoms with Crippen molar-refractivity contribution < 1.29 is 14.7 Å². The maximum atomic E-state index is 11.3. The van der Waals surface area contributed by atoms with Gasteiger partial charge in [-0.1, -0.05) is 206 Å². The number of hydrogen-bond donors (Lipinski definition) is 6. The van der Waals surface area contributed by atoms with Crippen LogP contribution in [0.3, 0.4) is 0 Å². The zero-order valence-electron chi connectivity index (χ0n) is 39.2. The number of nitrogens with two attached hydrogens (primary N) is 2. The third-order valence-electron chi connectivity index (χ3n) is 11.4. The third kappa shape index (κ3) is 50.9. The maximum absolute atomic E-state index is 11.3. The van der Waals surface area contributed by atoms with Gasteiger partial charge in [-0.3, -0.25) is 4.79 Å². The number of amides is 2. The lowest BCUT2D eigenvalue weighted by Crippen LogP contribution is -2.41. The van der Waals surface area contributed by atoms with E-state index in [9.17, 15) is 9.59 Å². The fraction of sp³-hybridized carbons (Fsp3) is 0.959. The van der Waals surface area contributed by atoms with E-state index in [4.69, 9.17) is 16.6 Å². The number of nitrogens with one attached hydrogen (secondary N) is 3. The van der Waals surface area contributed by atoms with Crippen LogP contribution in [0.2, 0.25) is 0 Å². The number of rotatable bonds is 47. The lowest BCUT2D eigenvalue weighted by atomic mass is 10.0. The largest absolute Gasteiger partial charge is 0.465 e. The molecule has 0 rings (SSSR count). The van der Waals surface area contributed by atoms with Gasteiger partial charge in [0.15, 0.2) is 0 Å². The number of imide groups is 1. The molecule has 8 N–H and O–H groups in total. The van der Waals surface area contributed by atoms with Crippen LogP contribution >= 0.6 is 0 Å². The number of carboxylic acid groups (broad SMARTS) is 1. The molecule has 0 aliphatic carbocycles. The number of hydrogen-bond acceptors (Lipinski definition) is 7. The summed E-state index contributed by atoms with van der Waals surface area (Å²) in [5, 5.41) is 19.1. The fourth-order valence-corrected chi connectivity index (χ4v) is 7.50. The molecule has 0 fully saturated rings. The molecule has 0 radical (unpaired) electrons. The minimum absolute atomic E-state index is 0.180. The van der Waals surface area contributed by atoms with E-state index in [-0.39, 0.29) is 13.1 Å². The van der Waals surface area contributed by atoms with Crippen molar-refractivity contribution in [2.45, 2.75) is 245 Å². The van der Waals surface area contributed by atoms with Gasteiger partial charge in [-0.25, -0.2) is 9.69 Å². The smallest absolute Gasteiger partial charge is 0.414 e. The Labute approximate surface area is 361 Å². The molecule has 9 heteroatoms. The van der Waals surface area contributed by atoms with Crippen molar-refractivity contribution in [3.63, 3.8) is 0 Å². The summed E-state index contributed by atoms with van der Waals surface area (Å²) < 4.78 is 0. The molecule has 0 saturated carbocycles. The summed E-state index contributed by atoms with van der Waals surface area (Å²) in [5.74, 6) is -0.564. The average Bonchev–Trinajstić information content (AvgIpc) is 3.22. The minimum Gasteiger partial charge on any atom is -0.465 e. The van der Waals surface area contributed by atoms with Gasteiger partial charge in [0, 0.05) is 6.54 Å². The molecule has 0 spiro atoms. The van der Waals surface area contributed by atoms with Crippen LogP contribution in [0.25, 0.3) is 0 Å². The molecule has 0 saturated heterocycles. The molecule has 0 aromatic carbocycles. The Morgan fingerprint density at radius 1 is 0.379 bits per heavy atom. The second kappa shape index (κ2) is 53.8. The molecule has 0 aliphatic heterocycles. The van der Waals surface area contributed by atoms with Crippen molar-refractivity contribution in [1.29, 1.82) is 0 Å². The first-order valence-corrected chi connectivity index (χ1v) is 25.6. The van der Waals surface area contributed by atoms with Gasteiger partial charge in [-0.15, -0.1) is 0 Å². The summed E-state index contributed by atoms with van der Waals surface area (Å²) in [7, 11) is 0. The van der Waals surface area contributed by atoms with Crippen LogP contribution in [0.15, 0.2) is 0 Å². The van der Waals surface area contributed by atoms with Gasteiger partial charge < -0.3 is 32.5 Å². The van der Waals surface area contributed by atoms with E-state index >= 15 is 0 Å². The molecule has 0 aromatic heterocycles. The second-order valence-electron chi connectivity index (χ2n) is 17.1. The molecule has 2 amide bonds. The topological polar surface area (TPSA) is 146 Å². The first-order valence-electron chi connectivity index (χ1n) is 25.6. The number of carbonyl (C=O) groups is 2. The Bertz CT molecular complexity index is 756. The summed E-state index contributed by atoms with van der Waals surface area (Å²) >= 11 is 0. The normalized spacial score (nSPS) is 11.2. The lowest BCUT2D eigenvalue weighted by Gasteiger charge is -2.16. The van der Waals surface area contributed by atoms with Crippen LogP contribution < -0.4 is 27.4 Å². The number of unbranched alkanes of at least 4 members (excludes halogenated alkanes) is 31. The van der Waals surface area contributed by atoms with Crippen LogP contribution in [-0.4, -0.2) is 80.9 Å². The highest BCUT2D eigenvalue weighted by molar-refractivity contribution is 5.92. The Morgan fingerprint density at radius 3 is 0.879 bits per heavy atom. The predicted octanol–water partition coefficient (Wildman–Crippen LogP) is 12.2. The molecule has 9 nitrogen and oxygen atoms in total. The van der Waals surface area contributed by atoms with E-state index in [1.54, 1.807) is 0 Å². The predicted molar refractivity (Wildman–Crippen MR) is 254 cm³/mol. The van der Waals surface area contributed by atoms with Crippen molar-refractivity contribution in [3.8, 4) is 0 Å². The SMILES string of the molecule is CCCCCCCCCCCCCCCCCCNCCCCCCCCCCCCCCCCCC.NCCCNCCCCNCCCN(C(=O)O)C(=O)CN. The molecule has 0 heterocycles. The molecule has 348 valence electrons. The molecule has 58 heavy (non-hydrogen) atoms. The summed E-state index contributed by atoms with van der Waals surface area (Å²) in [6.45, 7) is 11.2. The van der Waals surface area contributed by atoms with Crippen LogP contribution in [0.5, 0.6) is 0 Å². The van der Waals surface area contributed by atoms with Crippen molar-refractivity contribution in [3.05, 3.63) is 0 Å². The number of carbonyl (C=O) groups excluding carboxylic acids is 1. The summed E-state index contributed by atoms with van der Waals surface area (Å²) in [5.41, 5.74) is 10.5. The zero-order chi connectivity index (χ0) is 42.7. The van der Waals surface area contributed by atoms with Crippen LogP contribution in [0.1, 0.15) is 245 Å². The maximum Gasteiger partial charge on any atom is 0.414 e. The first-order chi connectivity index (χ1) is 28.5. The van der Waals surface area contributed by atoms with Crippen LogP contribution in [0.4, 0.5) is 4.79 Å². The molecular formula is C49H104N6O3. The van der Waals surface area contributed by atoms with Gasteiger partial charge >= 0.3 is 6.09 Å². The quantitative estimate of drug-likeness (QED) is 0.0333. The van der Waals surface area contributed by atoms with Gasteiger partial charge in [-0.2, -0.15) is 0 Å². The van der Waals surface area contributed by atoms with Gasteiger partial charge in [0.05, 0.1) is 6.54 Å². The van der Waals surface area contributed by atoms with Crippen molar-refractivity contribution >= 4 is 12.0 Å². The Balaban J connectivity index is 0. The van der Waals surface area contributed by atoms with Gasteiger partial charge in [-0.05, 0) is 84.3 Å². The summed E-state index contributed by atoms with van der Waals surface area (Å²) in [6, 6.07) is 0. The fourth-order valence-electron chi connectivity index (χ4n) is 7.50. The Kier molecular flexibility index (Phi) is 54.5. The van der Waals surface area contributed by atoms with Crippen molar-refractivity contribution in [2.75, 3.05) is 58.9 Å². The molecule has 0 aromatic rings. The summed E-state index contributed by atoms with van der Waals surface area (Å²) in [4.78, 5) is 22.8. The molecule has 0 aliphatic rings. The third-order valence-corrected chi connectivity index (χ3v) is 11.4. The molecule has 0 atom stereocenters. The highest BCUT2D eigenvalue weighted by atomic mass is 16.4. The minimum atomic E-state index is -1.24. The van der Waals surface area contributed by atoms with E-state index in [1.807, 2.05) is 0 Å². The number of nitrogens with zero attached hydrogens (tertiary/aromatic N) is 1. The highest BCUT2D eigenvalue weighted by Gasteiger charge is 2.18. The monoisotopic (exact) mass is 825 g/mol. The highest BCUT2D eigenvalue weighted by Crippen LogP contribution is 2.15. The molecular weight excluding hydrogens is 721 g/mol. The molecule has 0 bridgehead atoms. The van der Waals surface area contributed by atoms with Crippen LogP contribution in [-0.2, 0) is 4.79 Å². The van der Waals surface area contributed by atoms with E-state index < -0.39 is 12.0 Å². The van der Waals surface area contributed by atoms with Crippen molar-refractivity contribution in [1.82, 2.24) is 20.9 Å². The van der Waals surface area contributed by atoms with Crippen molar-refractivity contribution in [2.24, 2.45) is 11.5 Å². The average molecular weight is 825 g/mol. The van der Waals surface area contributed by atoms with E-state index in [2.05, 4.69) is 29.8 Å². The van der Waals surface area contributed by atoms with Gasteiger partial charge in [0.1, 0.15) is 0 Å². The molecule has 0 unspecified atom stereocenters. The van der Waals surface area contributed by atoms with E-state index in [0.29, 0.717) is 19.5 Å². The standard InChI is InChI=1S/C36H75N.C13H29N5O3/c1-3-5-7-9-11-13-15-17-19-21-23-25-27-29-31-33-35-37-36-34-32-30-28-26-24-22-20-18-16-14-12-10-8-6-4-2;14-5-3-8-16-6-1-2-7-17-9-4-10-18(13(20)21)12(19)11-15/h37H,3-36H2,1-2H3;16-17H,1-11,14-15H2,(H,20,21). The van der Waals surface area contributed by atoms with E-state index in [1.165, 1.54) is 219 Å².